The van der Waals surface area contributed by atoms with Crippen molar-refractivity contribution in [1.82, 2.24) is 0 Å². The molecule has 0 spiro atoms. The Morgan fingerprint density at radius 2 is 1.90 bits per heavy atom. The number of halogens is 1. The number of ether oxygens (including phenoxy) is 2. The van der Waals surface area contributed by atoms with Crippen molar-refractivity contribution in [3.63, 3.8) is 0 Å². The highest BCUT2D eigenvalue weighted by molar-refractivity contribution is 9.10. The molecule has 1 N–H and O–H groups in total. The van der Waals surface area contributed by atoms with Gasteiger partial charge in [0.1, 0.15) is 11.4 Å². The fraction of sp³-hybridized carbons (Fsp3) is 0.533. The third-order valence-corrected chi connectivity index (χ3v) is 2.91. The predicted molar refractivity (Wildman–Crippen MR) is 80.7 cm³/mol. The van der Waals surface area contributed by atoms with Crippen LogP contribution in [0.25, 0.3) is 0 Å². The normalized spacial score (nSPS) is 12.8. The summed E-state index contributed by atoms with van der Waals surface area (Å²) in [6, 6.07) is 7.50. The maximum Gasteiger partial charge on any atom is 0.335 e. The summed E-state index contributed by atoms with van der Waals surface area (Å²) < 4.78 is 11.6. The second-order valence-electron chi connectivity index (χ2n) is 5.49. The Kier molecular flexibility index (Phi) is 6.49. The Bertz CT molecular complexity index is 422. The van der Waals surface area contributed by atoms with E-state index in [9.17, 15) is 9.90 Å². The fourth-order valence-corrected chi connectivity index (χ4v) is 1.75. The molecule has 0 aliphatic heterocycles. The van der Waals surface area contributed by atoms with Gasteiger partial charge in [0.2, 0.25) is 0 Å². The van der Waals surface area contributed by atoms with Crippen LogP contribution in [0.2, 0.25) is 0 Å². The molecule has 1 atom stereocenters. The van der Waals surface area contributed by atoms with Gasteiger partial charge in [0.05, 0.1) is 6.61 Å². The molecule has 5 heteroatoms. The maximum absolute atomic E-state index is 11.5. The molecule has 20 heavy (non-hydrogen) atoms. The van der Waals surface area contributed by atoms with Crippen LogP contribution in [-0.2, 0) is 9.53 Å². The van der Waals surface area contributed by atoms with Crippen LogP contribution in [0.15, 0.2) is 28.7 Å². The van der Waals surface area contributed by atoms with E-state index in [-0.39, 0.29) is 0 Å². The first-order valence-corrected chi connectivity index (χ1v) is 7.36. The highest BCUT2D eigenvalue weighted by atomic mass is 79.9. The molecular weight excluding hydrogens is 324 g/mol. The molecule has 112 valence electrons. The van der Waals surface area contributed by atoms with E-state index in [0.717, 1.165) is 10.2 Å². The number of esters is 1. The lowest BCUT2D eigenvalue weighted by Crippen LogP contribution is -2.31. The number of aliphatic hydroxyl groups excluding tert-OH is 1. The molecule has 1 aromatic rings. The van der Waals surface area contributed by atoms with Gasteiger partial charge < -0.3 is 14.6 Å². The Morgan fingerprint density at radius 1 is 1.30 bits per heavy atom. The third-order valence-electron chi connectivity index (χ3n) is 2.38. The van der Waals surface area contributed by atoms with Crippen molar-refractivity contribution in [3.8, 4) is 5.75 Å². The van der Waals surface area contributed by atoms with E-state index in [2.05, 4.69) is 15.9 Å². The van der Waals surface area contributed by atoms with E-state index >= 15 is 0 Å². The molecule has 0 saturated heterocycles. The zero-order valence-corrected chi connectivity index (χ0v) is 13.6. The molecule has 4 nitrogen and oxygen atoms in total. The van der Waals surface area contributed by atoms with Crippen LogP contribution >= 0.6 is 15.9 Å². The average Bonchev–Trinajstić information content (AvgIpc) is 2.34. The highest BCUT2D eigenvalue weighted by Crippen LogP contribution is 2.16. The topological polar surface area (TPSA) is 55.8 Å². The quantitative estimate of drug-likeness (QED) is 0.635. The van der Waals surface area contributed by atoms with E-state index in [1.165, 1.54) is 0 Å². The average molecular weight is 345 g/mol. The lowest BCUT2D eigenvalue weighted by molar-refractivity contribution is -0.165. The summed E-state index contributed by atoms with van der Waals surface area (Å²) in [6.45, 7) is 5.76. The predicted octanol–water partition coefficient (Wildman–Crippen LogP) is 3.31. The number of rotatable bonds is 6. The smallest absolute Gasteiger partial charge is 0.335 e. The summed E-state index contributed by atoms with van der Waals surface area (Å²) in [5, 5.41) is 9.68. The second kappa shape index (κ2) is 7.64. The van der Waals surface area contributed by atoms with Crippen molar-refractivity contribution in [1.29, 1.82) is 0 Å². The molecular formula is C15H21BrO4. The monoisotopic (exact) mass is 344 g/mol. The van der Waals surface area contributed by atoms with Crippen molar-refractivity contribution >= 4 is 21.9 Å². The van der Waals surface area contributed by atoms with Gasteiger partial charge in [-0.25, -0.2) is 4.79 Å². The summed E-state index contributed by atoms with van der Waals surface area (Å²) in [7, 11) is 0. The molecule has 0 unspecified atom stereocenters. The van der Waals surface area contributed by atoms with Crippen LogP contribution in [0.4, 0.5) is 0 Å². The first-order valence-electron chi connectivity index (χ1n) is 6.57. The lowest BCUT2D eigenvalue weighted by atomic mass is 10.1. The molecule has 0 saturated carbocycles. The third kappa shape index (κ3) is 6.91. The summed E-state index contributed by atoms with van der Waals surface area (Å²) in [5.74, 6) is 0.182. The van der Waals surface area contributed by atoms with Crippen molar-refractivity contribution < 1.29 is 19.4 Å². The first-order chi connectivity index (χ1) is 9.28. The molecule has 0 aliphatic rings. The van der Waals surface area contributed by atoms with Crippen LogP contribution in [0.1, 0.15) is 33.6 Å². The zero-order valence-electron chi connectivity index (χ0n) is 12.1. The molecule has 0 fully saturated rings. The van der Waals surface area contributed by atoms with E-state index in [0.29, 0.717) is 19.4 Å². The van der Waals surface area contributed by atoms with Crippen LogP contribution < -0.4 is 4.74 Å². The molecule has 0 aromatic heterocycles. The second-order valence-corrected chi connectivity index (χ2v) is 6.41. The van der Waals surface area contributed by atoms with Gasteiger partial charge in [0.15, 0.2) is 6.10 Å². The summed E-state index contributed by atoms with van der Waals surface area (Å²) in [6.07, 6.45) is -0.190. The highest BCUT2D eigenvalue weighted by Gasteiger charge is 2.22. The zero-order chi connectivity index (χ0) is 15.2. The molecule has 1 aromatic carbocycles. The van der Waals surface area contributed by atoms with Crippen molar-refractivity contribution in [3.05, 3.63) is 28.7 Å². The first kappa shape index (κ1) is 17.0. The van der Waals surface area contributed by atoms with Gasteiger partial charge in [0, 0.05) is 4.47 Å². The van der Waals surface area contributed by atoms with Gasteiger partial charge in [-0.2, -0.15) is 0 Å². The lowest BCUT2D eigenvalue weighted by Gasteiger charge is -2.21. The number of carbonyl (C=O) groups is 1. The molecule has 0 aliphatic carbocycles. The minimum absolute atomic E-state index is 0.325. The van der Waals surface area contributed by atoms with Gasteiger partial charge in [-0.1, -0.05) is 15.9 Å². The molecule has 0 heterocycles. The molecule has 1 rings (SSSR count). The minimum atomic E-state index is -1.09. The maximum atomic E-state index is 11.5. The summed E-state index contributed by atoms with van der Waals surface area (Å²) in [4.78, 5) is 11.5. The number of benzene rings is 1. The van der Waals surface area contributed by atoms with E-state index in [4.69, 9.17) is 9.47 Å². The Hall–Kier alpha value is -1.07. The van der Waals surface area contributed by atoms with Gasteiger partial charge in [-0.3, -0.25) is 0 Å². The van der Waals surface area contributed by atoms with Crippen molar-refractivity contribution in [2.75, 3.05) is 6.61 Å². The van der Waals surface area contributed by atoms with E-state index in [1.807, 2.05) is 24.3 Å². The number of hydrogen-bond donors (Lipinski definition) is 1. The minimum Gasteiger partial charge on any atom is -0.494 e. The standard InChI is InChI=1S/C15H21BrO4/c1-15(2,3)20-14(18)13(17)5-4-10-19-12-8-6-11(16)7-9-12/h6-9,13,17H,4-5,10H2,1-3H3/t13-/m1/s1. The molecule has 0 amide bonds. The summed E-state index contributed by atoms with van der Waals surface area (Å²) >= 11 is 3.35. The van der Waals surface area contributed by atoms with Gasteiger partial charge >= 0.3 is 5.97 Å². The van der Waals surface area contributed by atoms with Crippen LogP contribution in [0.5, 0.6) is 5.75 Å². The van der Waals surface area contributed by atoms with Crippen LogP contribution in [0.3, 0.4) is 0 Å². The van der Waals surface area contributed by atoms with E-state index in [1.54, 1.807) is 20.8 Å². The van der Waals surface area contributed by atoms with Gasteiger partial charge in [-0.05, 0) is 57.9 Å². The summed E-state index contributed by atoms with van der Waals surface area (Å²) in [5.41, 5.74) is -0.577. The number of aliphatic hydroxyl groups is 1. The molecule has 0 radical (unpaired) electrons. The van der Waals surface area contributed by atoms with Crippen LogP contribution in [-0.4, -0.2) is 29.4 Å². The van der Waals surface area contributed by atoms with Crippen LogP contribution in [0, 0.1) is 0 Å². The number of carbonyl (C=O) groups excluding carboxylic acids is 1. The Labute approximate surface area is 128 Å². The molecule has 0 bridgehead atoms. The fourth-order valence-electron chi connectivity index (χ4n) is 1.49. The van der Waals surface area contributed by atoms with Gasteiger partial charge in [-0.15, -0.1) is 0 Å². The van der Waals surface area contributed by atoms with Crippen molar-refractivity contribution in [2.45, 2.75) is 45.3 Å². The Balaban J connectivity index is 2.23. The van der Waals surface area contributed by atoms with Crippen molar-refractivity contribution in [2.24, 2.45) is 0 Å². The Morgan fingerprint density at radius 3 is 2.45 bits per heavy atom. The van der Waals surface area contributed by atoms with Gasteiger partial charge in [0.25, 0.3) is 0 Å². The number of hydrogen-bond acceptors (Lipinski definition) is 4. The SMILES string of the molecule is CC(C)(C)OC(=O)[C@H](O)CCCOc1ccc(Br)cc1. The van der Waals surface area contributed by atoms with E-state index < -0.39 is 17.7 Å². The largest absolute Gasteiger partial charge is 0.494 e.